The molecule has 0 atom stereocenters. The Bertz CT molecular complexity index is 314. The highest BCUT2D eigenvalue weighted by Crippen LogP contribution is 2.49. The Morgan fingerprint density at radius 1 is 1.41 bits per heavy atom. The summed E-state index contributed by atoms with van der Waals surface area (Å²) in [6, 6.07) is 0. The van der Waals surface area contributed by atoms with E-state index in [1.807, 2.05) is 6.92 Å². The zero-order valence-corrected chi connectivity index (χ0v) is 11.6. The first kappa shape index (κ1) is 14.3. The molecule has 1 nitrogen and oxygen atoms in total. The third-order valence-corrected chi connectivity index (χ3v) is 4.06. The lowest BCUT2D eigenvalue weighted by atomic mass is 9.60. The molecule has 0 aliphatic heterocycles. The van der Waals surface area contributed by atoms with Crippen LogP contribution in [0.4, 0.5) is 0 Å². The zero-order chi connectivity index (χ0) is 12.9. The van der Waals surface area contributed by atoms with E-state index in [2.05, 4.69) is 26.2 Å². The topological polar surface area (TPSA) is 17.1 Å². The predicted molar refractivity (Wildman–Crippen MR) is 72.9 cm³/mol. The Labute approximate surface area is 106 Å². The van der Waals surface area contributed by atoms with E-state index >= 15 is 0 Å². The molecule has 0 bridgehead atoms. The molecule has 0 aromatic rings. The van der Waals surface area contributed by atoms with Crippen molar-refractivity contribution in [3.8, 4) is 0 Å². The highest BCUT2D eigenvalue weighted by Gasteiger charge is 2.45. The minimum Gasteiger partial charge on any atom is -0.299 e. The first-order valence-electron chi connectivity index (χ1n) is 6.99. The van der Waals surface area contributed by atoms with Gasteiger partial charge in [-0.25, -0.2) is 0 Å². The molecular weight excluding hydrogens is 208 g/mol. The van der Waals surface area contributed by atoms with E-state index in [0.717, 1.165) is 31.6 Å². The molecule has 1 aliphatic carbocycles. The van der Waals surface area contributed by atoms with Gasteiger partial charge in [-0.2, -0.15) is 0 Å². The molecule has 1 saturated carbocycles. The van der Waals surface area contributed by atoms with Crippen molar-refractivity contribution in [3.63, 3.8) is 0 Å². The van der Waals surface area contributed by atoms with Gasteiger partial charge in [0.25, 0.3) is 0 Å². The van der Waals surface area contributed by atoms with Gasteiger partial charge in [0.15, 0.2) is 0 Å². The monoisotopic (exact) mass is 234 g/mol. The molecule has 1 heteroatoms. The summed E-state index contributed by atoms with van der Waals surface area (Å²) >= 11 is 0. The van der Waals surface area contributed by atoms with Crippen molar-refractivity contribution in [2.75, 3.05) is 0 Å². The van der Waals surface area contributed by atoms with Gasteiger partial charge in [0, 0.05) is 6.42 Å². The van der Waals surface area contributed by atoms with E-state index in [9.17, 15) is 4.79 Å². The summed E-state index contributed by atoms with van der Waals surface area (Å²) in [4.78, 5) is 12.1. The summed E-state index contributed by atoms with van der Waals surface area (Å²) in [5, 5.41) is 0. The largest absolute Gasteiger partial charge is 0.299 e. The van der Waals surface area contributed by atoms with Crippen molar-refractivity contribution in [2.45, 2.75) is 65.7 Å². The van der Waals surface area contributed by atoms with E-state index in [1.54, 1.807) is 0 Å². The van der Waals surface area contributed by atoms with Crippen LogP contribution in [0.1, 0.15) is 65.7 Å². The number of rotatable bonds is 7. The Morgan fingerprint density at radius 3 is 2.41 bits per heavy atom. The fraction of sp³-hybridized carbons (Fsp3) is 0.750. The van der Waals surface area contributed by atoms with Gasteiger partial charge < -0.3 is 0 Å². The number of ketones is 1. The van der Waals surface area contributed by atoms with Crippen molar-refractivity contribution in [1.29, 1.82) is 0 Å². The standard InChI is InChI=1S/C16H26O/c1-5-14(10-7-9-13(3)4)16(11-8-12-16)15(17)6-2/h13H,1,6-12H2,2-4H3. The molecule has 0 radical (unpaired) electrons. The number of carbonyl (C=O) groups is 1. The number of hydrogen-bond acceptors (Lipinski definition) is 1. The highest BCUT2D eigenvalue weighted by molar-refractivity contribution is 5.88. The van der Waals surface area contributed by atoms with Gasteiger partial charge in [0.1, 0.15) is 5.78 Å². The van der Waals surface area contributed by atoms with E-state index in [1.165, 1.54) is 18.4 Å². The van der Waals surface area contributed by atoms with Crippen LogP contribution in [-0.4, -0.2) is 5.78 Å². The summed E-state index contributed by atoms with van der Waals surface area (Å²) in [5.41, 5.74) is 4.11. The molecule has 1 rings (SSSR count). The van der Waals surface area contributed by atoms with Crippen molar-refractivity contribution >= 4 is 5.78 Å². The first-order chi connectivity index (χ1) is 8.06. The third kappa shape index (κ3) is 3.10. The van der Waals surface area contributed by atoms with Crippen LogP contribution < -0.4 is 0 Å². The quantitative estimate of drug-likeness (QED) is 0.585. The second-order valence-corrected chi connectivity index (χ2v) is 5.65. The SMILES string of the molecule is C=C=C(CCCC(C)C)C1(C(=O)CC)CCC1. The first-order valence-corrected chi connectivity index (χ1v) is 6.99. The Morgan fingerprint density at radius 2 is 2.06 bits per heavy atom. The summed E-state index contributed by atoms with van der Waals surface area (Å²) in [7, 11) is 0. The van der Waals surface area contributed by atoms with Crippen LogP contribution in [0.5, 0.6) is 0 Å². The fourth-order valence-corrected chi connectivity index (χ4v) is 2.80. The molecule has 96 valence electrons. The highest BCUT2D eigenvalue weighted by atomic mass is 16.1. The maximum Gasteiger partial charge on any atom is 0.143 e. The number of hydrogen-bond donors (Lipinski definition) is 0. The average Bonchev–Trinajstić information content (AvgIpc) is 2.24. The van der Waals surface area contributed by atoms with Gasteiger partial charge in [-0.05, 0) is 37.2 Å². The van der Waals surface area contributed by atoms with Gasteiger partial charge in [-0.1, -0.05) is 40.2 Å². The molecule has 0 aromatic heterocycles. The van der Waals surface area contributed by atoms with Gasteiger partial charge in [-0.15, -0.1) is 5.73 Å². The van der Waals surface area contributed by atoms with E-state index < -0.39 is 0 Å². The van der Waals surface area contributed by atoms with Gasteiger partial charge in [-0.3, -0.25) is 4.79 Å². The molecule has 1 aliphatic rings. The Hall–Kier alpha value is -0.810. The van der Waals surface area contributed by atoms with E-state index in [0.29, 0.717) is 12.2 Å². The molecule has 0 N–H and O–H groups in total. The smallest absolute Gasteiger partial charge is 0.143 e. The van der Waals surface area contributed by atoms with Crippen LogP contribution in [0.2, 0.25) is 0 Å². The van der Waals surface area contributed by atoms with Crippen LogP contribution in [0.3, 0.4) is 0 Å². The lowest BCUT2D eigenvalue weighted by molar-refractivity contribution is -0.130. The third-order valence-electron chi connectivity index (χ3n) is 4.06. The molecular formula is C16H26O. The fourth-order valence-electron chi connectivity index (χ4n) is 2.80. The van der Waals surface area contributed by atoms with Crippen LogP contribution in [0.25, 0.3) is 0 Å². The van der Waals surface area contributed by atoms with Crippen LogP contribution in [0.15, 0.2) is 17.9 Å². The second-order valence-electron chi connectivity index (χ2n) is 5.65. The number of carbonyl (C=O) groups excluding carboxylic acids is 1. The van der Waals surface area contributed by atoms with Crippen molar-refractivity contribution in [3.05, 3.63) is 17.9 Å². The van der Waals surface area contributed by atoms with E-state index in [-0.39, 0.29) is 5.41 Å². The number of Topliss-reactive ketones (excluding diaryl/α,β-unsaturated/α-hetero) is 1. The van der Waals surface area contributed by atoms with Crippen molar-refractivity contribution in [1.82, 2.24) is 0 Å². The lowest BCUT2D eigenvalue weighted by Crippen LogP contribution is -2.39. The van der Waals surface area contributed by atoms with E-state index in [4.69, 9.17) is 0 Å². The molecule has 0 unspecified atom stereocenters. The minimum atomic E-state index is -0.159. The zero-order valence-electron chi connectivity index (χ0n) is 11.6. The van der Waals surface area contributed by atoms with Crippen LogP contribution in [-0.2, 0) is 4.79 Å². The normalized spacial score (nSPS) is 17.4. The van der Waals surface area contributed by atoms with Gasteiger partial charge >= 0.3 is 0 Å². The summed E-state index contributed by atoms with van der Waals surface area (Å²) in [5.74, 6) is 1.14. The molecule has 0 amide bonds. The Kier molecular flexibility index (Phi) is 5.21. The average molecular weight is 234 g/mol. The number of allylic oxidation sites excluding steroid dienone is 1. The second kappa shape index (κ2) is 6.21. The minimum absolute atomic E-state index is 0.159. The summed E-state index contributed by atoms with van der Waals surface area (Å²) in [6.45, 7) is 10.3. The van der Waals surface area contributed by atoms with Crippen LogP contribution in [0, 0.1) is 11.3 Å². The van der Waals surface area contributed by atoms with Crippen molar-refractivity contribution in [2.24, 2.45) is 11.3 Å². The summed E-state index contributed by atoms with van der Waals surface area (Å²) < 4.78 is 0. The molecule has 0 heterocycles. The molecule has 0 aromatic carbocycles. The lowest BCUT2D eigenvalue weighted by Gasteiger charge is -2.41. The summed E-state index contributed by atoms with van der Waals surface area (Å²) in [6.07, 6.45) is 7.28. The molecule has 0 saturated heterocycles. The Balaban J connectivity index is 2.66. The molecule has 17 heavy (non-hydrogen) atoms. The van der Waals surface area contributed by atoms with Gasteiger partial charge in [0.2, 0.25) is 0 Å². The maximum absolute atomic E-state index is 12.1. The van der Waals surface area contributed by atoms with Gasteiger partial charge in [0.05, 0.1) is 5.41 Å². The maximum atomic E-state index is 12.1. The molecule has 0 spiro atoms. The van der Waals surface area contributed by atoms with Crippen LogP contribution >= 0.6 is 0 Å². The van der Waals surface area contributed by atoms with Crippen molar-refractivity contribution < 1.29 is 4.79 Å². The predicted octanol–water partition coefficient (Wildman–Crippen LogP) is 4.67. The molecule has 1 fully saturated rings.